The Morgan fingerprint density at radius 3 is 2.36 bits per heavy atom. The quantitative estimate of drug-likeness (QED) is 0.798. The van der Waals surface area contributed by atoms with Crippen LogP contribution in [0.15, 0.2) is 36.4 Å². The zero-order valence-electron chi connectivity index (χ0n) is 15.3. The van der Waals surface area contributed by atoms with E-state index in [1.165, 1.54) is 0 Å². The number of rotatable bonds is 6. The molecular weight excluding hydrogens is 338 g/mol. The van der Waals surface area contributed by atoms with Crippen LogP contribution in [0.3, 0.4) is 0 Å². The van der Waals surface area contributed by atoms with Gasteiger partial charge in [0.1, 0.15) is 11.8 Å². The number of hydrogen-bond acceptors (Lipinski definition) is 4. The van der Waals surface area contributed by atoms with Gasteiger partial charge in [0.25, 0.3) is 0 Å². The lowest BCUT2D eigenvalue weighted by molar-refractivity contribution is -0.145. The van der Waals surface area contributed by atoms with Crippen LogP contribution < -0.4 is 9.46 Å². The molecule has 2 atom stereocenters. The van der Waals surface area contributed by atoms with Crippen LogP contribution in [0.5, 0.6) is 5.75 Å². The zero-order valence-corrected chi connectivity index (χ0v) is 16.1. The highest BCUT2D eigenvalue weighted by molar-refractivity contribution is 7.84. The van der Waals surface area contributed by atoms with E-state index in [2.05, 4.69) is 4.72 Å². The SMILES string of the molecule is CCOC(=O)[C@H](N[S@](=O)C(C)(C)C)c1ccc(OC)c2ccccc12. The first-order valence-electron chi connectivity index (χ1n) is 8.20. The summed E-state index contributed by atoms with van der Waals surface area (Å²) in [4.78, 5) is 12.6. The van der Waals surface area contributed by atoms with E-state index in [4.69, 9.17) is 9.47 Å². The first-order chi connectivity index (χ1) is 11.8. The van der Waals surface area contributed by atoms with Crippen LogP contribution in [-0.2, 0) is 20.5 Å². The molecule has 2 aromatic carbocycles. The summed E-state index contributed by atoms with van der Waals surface area (Å²) in [6, 6.07) is 10.5. The van der Waals surface area contributed by atoms with Gasteiger partial charge in [-0.15, -0.1) is 0 Å². The molecular formula is C19H25NO4S. The van der Waals surface area contributed by atoms with Crippen LogP contribution in [0.25, 0.3) is 10.8 Å². The maximum absolute atomic E-state index is 12.6. The molecule has 0 aromatic heterocycles. The molecule has 0 fully saturated rings. The molecule has 5 nitrogen and oxygen atoms in total. The van der Waals surface area contributed by atoms with Crippen molar-refractivity contribution in [3.63, 3.8) is 0 Å². The summed E-state index contributed by atoms with van der Waals surface area (Å²) >= 11 is 0. The second-order valence-corrected chi connectivity index (χ2v) is 8.58. The fraction of sp³-hybridized carbons (Fsp3) is 0.421. The van der Waals surface area contributed by atoms with E-state index in [-0.39, 0.29) is 6.61 Å². The molecule has 0 heterocycles. The standard InChI is InChI=1S/C19H25NO4S/c1-6-24-18(21)17(20-25(22)19(2,3)4)15-11-12-16(23-5)14-10-8-7-9-13(14)15/h7-12,17,20H,6H2,1-5H3/t17-,25-/m1/s1. The summed E-state index contributed by atoms with van der Waals surface area (Å²) in [5.74, 6) is 0.273. The molecule has 2 aromatic rings. The Kier molecular flexibility index (Phi) is 6.19. The summed E-state index contributed by atoms with van der Waals surface area (Å²) < 4.78 is 25.6. The summed E-state index contributed by atoms with van der Waals surface area (Å²) in [7, 11) is 0.184. The normalized spacial score (nSPS) is 14.1. The lowest BCUT2D eigenvalue weighted by atomic mass is 9.98. The van der Waals surface area contributed by atoms with Gasteiger partial charge in [-0.1, -0.05) is 30.3 Å². The lowest BCUT2D eigenvalue weighted by Gasteiger charge is -2.24. The van der Waals surface area contributed by atoms with Crippen LogP contribution >= 0.6 is 0 Å². The molecule has 0 unspecified atom stereocenters. The Morgan fingerprint density at radius 1 is 1.16 bits per heavy atom. The highest BCUT2D eigenvalue weighted by Gasteiger charge is 2.30. The van der Waals surface area contributed by atoms with E-state index in [0.29, 0.717) is 5.56 Å². The van der Waals surface area contributed by atoms with Gasteiger partial charge < -0.3 is 9.47 Å². The topological polar surface area (TPSA) is 64.6 Å². The number of esters is 1. The van der Waals surface area contributed by atoms with Crippen molar-refractivity contribution >= 4 is 27.7 Å². The molecule has 0 aliphatic heterocycles. The second kappa shape index (κ2) is 7.97. The van der Waals surface area contributed by atoms with Crippen molar-refractivity contribution in [2.24, 2.45) is 0 Å². The Labute approximate surface area is 151 Å². The number of carbonyl (C=O) groups excluding carboxylic acids is 1. The fourth-order valence-corrected chi connectivity index (χ4v) is 3.26. The van der Waals surface area contributed by atoms with Gasteiger partial charge in [0.05, 0.1) is 29.4 Å². The van der Waals surface area contributed by atoms with Crippen molar-refractivity contribution in [1.82, 2.24) is 4.72 Å². The number of benzene rings is 2. The van der Waals surface area contributed by atoms with Crippen molar-refractivity contribution in [2.75, 3.05) is 13.7 Å². The van der Waals surface area contributed by atoms with Crippen LogP contribution in [0.1, 0.15) is 39.3 Å². The molecule has 1 N–H and O–H groups in total. The van der Waals surface area contributed by atoms with E-state index in [0.717, 1.165) is 16.5 Å². The van der Waals surface area contributed by atoms with Gasteiger partial charge in [-0.3, -0.25) is 0 Å². The average molecular weight is 363 g/mol. The maximum atomic E-state index is 12.6. The van der Waals surface area contributed by atoms with Gasteiger partial charge in [-0.05, 0) is 44.7 Å². The molecule has 136 valence electrons. The highest BCUT2D eigenvalue weighted by Crippen LogP contribution is 2.32. The van der Waals surface area contributed by atoms with Gasteiger partial charge in [-0.25, -0.2) is 13.7 Å². The average Bonchev–Trinajstić information content (AvgIpc) is 2.58. The first kappa shape index (κ1) is 19.4. The first-order valence-corrected chi connectivity index (χ1v) is 9.35. The predicted octanol–water partition coefficient (Wildman–Crippen LogP) is 3.50. The lowest BCUT2D eigenvalue weighted by Crippen LogP contribution is -2.39. The molecule has 0 amide bonds. The third-order valence-corrected chi connectivity index (χ3v) is 5.31. The van der Waals surface area contributed by atoms with Gasteiger partial charge in [0.2, 0.25) is 0 Å². The molecule has 6 heteroatoms. The third-order valence-electron chi connectivity index (χ3n) is 3.75. The molecule has 0 saturated carbocycles. The van der Waals surface area contributed by atoms with E-state index >= 15 is 0 Å². The zero-order chi connectivity index (χ0) is 18.6. The highest BCUT2D eigenvalue weighted by atomic mass is 32.2. The summed E-state index contributed by atoms with van der Waals surface area (Å²) in [5.41, 5.74) is 0.715. The van der Waals surface area contributed by atoms with E-state index in [1.54, 1.807) is 14.0 Å². The Bertz CT molecular complexity index is 783. The molecule has 25 heavy (non-hydrogen) atoms. The number of ether oxygens (including phenoxy) is 2. The number of methoxy groups -OCH3 is 1. The van der Waals surface area contributed by atoms with Crippen LogP contribution in [0.4, 0.5) is 0 Å². The Morgan fingerprint density at radius 2 is 1.80 bits per heavy atom. The van der Waals surface area contributed by atoms with Gasteiger partial charge >= 0.3 is 5.97 Å². The largest absolute Gasteiger partial charge is 0.496 e. The van der Waals surface area contributed by atoms with Crippen LogP contribution in [0, 0.1) is 0 Å². The van der Waals surface area contributed by atoms with E-state index < -0.39 is 27.7 Å². The molecule has 0 aliphatic rings. The van der Waals surface area contributed by atoms with Gasteiger partial charge in [0, 0.05) is 5.39 Å². The van der Waals surface area contributed by atoms with Crippen molar-refractivity contribution in [3.8, 4) is 5.75 Å². The molecule has 0 radical (unpaired) electrons. The minimum Gasteiger partial charge on any atom is -0.496 e. The van der Waals surface area contributed by atoms with Crippen molar-refractivity contribution in [3.05, 3.63) is 42.0 Å². The minimum absolute atomic E-state index is 0.257. The predicted molar refractivity (Wildman–Crippen MR) is 101 cm³/mol. The smallest absolute Gasteiger partial charge is 0.328 e. The van der Waals surface area contributed by atoms with Crippen molar-refractivity contribution in [1.29, 1.82) is 0 Å². The number of nitrogens with one attached hydrogen (secondary N) is 1. The van der Waals surface area contributed by atoms with Crippen molar-refractivity contribution < 1.29 is 18.5 Å². The second-order valence-electron chi connectivity index (χ2n) is 6.59. The molecule has 0 saturated heterocycles. The van der Waals surface area contributed by atoms with Crippen LogP contribution in [0.2, 0.25) is 0 Å². The fourth-order valence-electron chi connectivity index (χ4n) is 2.47. The number of carbonyl (C=O) groups is 1. The molecule has 0 aliphatic carbocycles. The van der Waals surface area contributed by atoms with Crippen LogP contribution in [-0.4, -0.2) is 28.6 Å². The third kappa shape index (κ3) is 4.38. The molecule has 0 bridgehead atoms. The monoisotopic (exact) mass is 363 g/mol. The van der Waals surface area contributed by atoms with E-state index in [1.807, 2.05) is 57.2 Å². The van der Waals surface area contributed by atoms with Crippen molar-refractivity contribution in [2.45, 2.75) is 38.5 Å². The number of fused-ring (bicyclic) bond motifs is 1. The van der Waals surface area contributed by atoms with Gasteiger partial charge in [0.15, 0.2) is 0 Å². The van der Waals surface area contributed by atoms with Gasteiger partial charge in [-0.2, -0.15) is 0 Å². The molecule has 0 spiro atoms. The maximum Gasteiger partial charge on any atom is 0.328 e. The summed E-state index contributed by atoms with van der Waals surface area (Å²) in [6.07, 6.45) is 0. The number of hydrogen-bond donors (Lipinski definition) is 1. The summed E-state index contributed by atoms with van der Waals surface area (Å²) in [6.45, 7) is 7.56. The summed E-state index contributed by atoms with van der Waals surface area (Å²) in [5, 5.41) is 1.75. The molecule has 2 rings (SSSR count). The van der Waals surface area contributed by atoms with E-state index in [9.17, 15) is 9.00 Å². The minimum atomic E-state index is -1.42. The Hall–Kier alpha value is -1.92. The Balaban J connectivity index is 2.56.